The minimum atomic E-state index is -0.844. The van der Waals surface area contributed by atoms with Crippen LogP contribution in [0.2, 0.25) is 0 Å². The first kappa shape index (κ1) is 24.9. The van der Waals surface area contributed by atoms with Crippen molar-refractivity contribution in [3.63, 3.8) is 0 Å². The van der Waals surface area contributed by atoms with E-state index < -0.39 is 5.54 Å². The summed E-state index contributed by atoms with van der Waals surface area (Å²) in [5.74, 6) is 0.357. The molecule has 0 fully saturated rings. The summed E-state index contributed by atoms with van der Waals surface area (Å²) >= 11 is 3.62. The molecule has 4 nitrogen and oxygen atoms in total. The molecule has 1 aromatic heterocycles. The van der Waals surface area contributed by atoms with Gasteiger partial charge in [-0.2, -0.15) is 0 Å². The van der Waals surface area contributed by atoms with Crippen molar-refractivity contribution in [2.24, 2.45) is 0 Å². The second-order valence-electron chi connectivity index (χ2n) is 9.28. The second-order valence-corrected chi connectivity index (χ2v) is 9.84. The molecule has 6 rings (SSSR count). The van der Waals surface area contributed by atoms with Crippen molar-refractivity contribution in [2.75, 3.05) is 0 Å². The van der Waals surface area contributed by atoms with E-state index in [4.69, 9.17) is 0 Å². The van der Waals surface area contributed by atoms with E-state index in [1.54, 1.807) is 12.1 Å². The van der Waals surface area contributed by atoms with Gasteiger partial charge in [0, 0.05) is 10.9 Å². The van der Waals surface area contributed by atoms with Gasteiger partial charge >= 0.3 is 0 Å². The van der Waals surface area contributed by atoms with Crippen LogP contribution >= 0.6 is 15.9 Å². The maximum absolute atomic E-state index is 13.7. The molecule has 0 saturated carbocycles. The zero-order chi connectivity index (χ0) is 26.7. The molecule has 6 heteroatoms. The first-order valence-electron chi connectivity index (χ1n) is 12.6. The minimum absolute atomic E-state index is 0.266. The molecule has 0 aliphatic carbocycles. The fourth-order valence-electron chi connectivity index (χ4n) is 5.21. The van der Waals surface area contributed by atoms with E-state index in [0.717, 1.165) is 38.9 Å². The van der Waals surface area contributed by atoms with Crippen LogP contribution in [0.15, 0.2) is 133 Å². The number of rotatable bonds is 7. The molecule has 5 aromatic carbocycles. The Kier molecular flexibility index (Phi) is 6.86. The summed E-state index contributed by atoms with van der Waals surface area (Å²) in [6, 6.07) is 43.8. The van der Waals surface area contributed by atoms with Crippen LogP contribution in [-0.2, 0) is 10.9 Å². The van der Waals surface area contributed by atoms with E-state index in [2.05, 4.69) is 86.1 Å². The summed E-state index contributed by atoms with van der Waals surface area (Å²) < 4.78 is 15.6. The third kappa shape index (κ3) is 4.57. The Balaban J connectivity index is 1.65. The number of hydrogen-bond donors (Lipinski definition) is 0. The molecule has 0 unspecified atom stereocenters. The van der Waals surface area contributed by atoms with Crippen LogP contribution in [-0.4, -0.2) is 20.2 Å². The van der Waals surface area contributed by atoms with Crippen molar-refractivity contribution < 1.29 is 4.39 Å². The molecule has 1 heterocycles. The highest BCUT2D eigenvalue weighted by molar-refractivity contribution is 9.08. The van der Waals surface area contributed by atoms with Crippen LogP contribution in [0.25, 0.3) is 22.5 Å². The first-order valence-corrected chi connectivity index (χ1v) is 13.7. The monoisotopic (exact) mass is 574 g/mol. The molecule has 0 N–H and O–H groups in total. The lowest BCUT2D eigenvalue weighted by Gasteiger charge is -2.36. The van der Waals surface area contributed by atoms with Gasteiger partial charge in [0.15, 0.2) is 5.82 Å². The van der Waals surface area contributed by atoms with Crippen molar-refractivity contribution >= 4 is 15.9 Å². The average Bonchev–Trinajstić information content (AvgIpc) is 3.50. The van der Waals surface area contributed by atoms with Gasteiger partial charge in [0.05, 0.1) is 0 Å². The lowest BCUT2D eigenvalue weighted by atomic mass is 9.77. The fourth-order valence-corrected chi connectivity index (χ4v) is 5.53. The van der Waals surface area contributed by atoms with Crippen molar-refractivity contribution in [1.29, 1.82) is 0 Å². The number of hydrogen-bond acceptors (Lipinski definition) is 3. The van der Waals surface area contributed by atoms with Crippen LogP contribution in [0.4, 0.5) is 4.39 Å². The van der Waals surface area contributed by atoms with E-state index >= 15 is 0 Å². The van der Waals surface area contributed by atoms with Gasteiger partial charge < -0.3 is 0 Å². The SMILES string of the molecule is Fc1ccc(-c2cc(CBr)cc(-c3nnnn3C(c3ccccc3)(c3ccccc3)c3ccccc3)c2)cc1. The number of benzene rings is 5. The van der Waals surface area contributed by atoms with E-state index in [-0.39, 0.29) is 5.82 Å². The van der Waals surface area contributed by atoms with Crippen molar-refractivity contribution in [1.82, 2.24) is 20.2 Å². The Morgan fingerprint density at radius 3 is 1.64 bits per heavy atom. The molecule has 39 heavy (non-hydrogen) atoms. The quantitative estimate of drug-likeness (QED) is 0.144. The smallest absolute Gasteiger partial charge is 0.183 e. The molecule has 0 spiro atoms. The molecular weight excluding hydrogens is 551 g/mol. The second kappa shape index (κ2) is 10.8. The van der Waals surface area contributed by atoms with Crippen LogP contribution in [0, 0.1) is 5.82 Å². The Labute approximate surface area is 234 Å². The largest absolute Gasteiger partial charge is 0.207 e. The zero-order valence-electron chi connectivity index (χ0n) is 21.0. The van der Waals surface area contributed by atoms with Crippen LogP contribution < -0.4 is 0 Å². The Morgan fingerprint density at radius 2 is 1.13 bits per heavy atom. The summed E-state index contributed by atoms with van der Waals surface area (Å²) in [6.45, 7) is 0. The van der Waals surface area contributed by atoms with Crippen LogP contribution in [0.5, 0.6) is 0 Å². The zero-order valence-corrected chi connectivity index (χ0v) is 22.5. The van der Waals surface area contributed by atoms with Gasteiger partial charge in [-0.25, -0.2) is 9.07 Å². The van der Waals surface area contributed by atoms with Crippen LogP contribution in [0.1, 0.15) is 22.3 Å². The summed E-state index contributed by atoms with van der Waals surface area (Å²) in [6.07, 6.45) is 0. The molecule has 0 atom stereocenters. The number of halogens is 2. The molecular formula is C33H24BrFN4. The van der Waals surface area contributed by atoms with E-state index in [9.17, 15) is 4.39 Å². The lowest BCUT2D eigenvalue weighted by molar-refractivity contribution is 0.451. The van der Waals surface area contributed by atoms with Gasteiger partial charge in [-0.15, -0.1) is 5.10 Å². The Morgan fingerprint density at radius 1 is 0.615 bits per heavy atom. The van der Waals surface area contributed by atoms with Gasteiger partial charge in [-0.1, -0.05) is 125 Å². The molecule has 0 amide bonds. The Hall–Kier alpha value is -4.42. The predicted molar refractivity (Wildman–Crippen MR) is 156 cm³/mol. The number of nitrogens with zero attached hydrogens (tertiary/aromatic N) is 4. The van der Waals surface area contributed by atoms with Gasteiger partial charge in [-0.3, -0.25) is 0 Å². The van der Waals surface area contributed by atoms with Crippen molar-refractivity contribution in [2.45, 2.75) is 10.9 Å². The minimum Gasteiger partial charge on any atom is -0.207 e. The highest BCUT2D eigenvalue weighted by Crippen LogP contribution is 2.42. The first-order chi connectivity index (χ1) is 19.2. The maximum Gasteiger partial charge on any atom is 0.183 e. The third-order valence-corrected chi connectivity index (χ3v) is 7.59. The van der Waals surface area contributed by atoms with Gasteiger partial charge in [0.2, 0.25) is 0 Å². The summed E-state index contributed by atoms with van der Waals surface area (Å²) in [7, 11) is 0. The van der Waals surface area contributed by atoms with Gasteiger partial charge in [0.25, 0.3) is 0 Å². The molecule has 190 valence electrons. The van der Waals surface area contributed by atoms with E-state index in [1.165, 1.54) is 12.1 Å². The Bertz CT molecular complexity index is 1590. The topological polar surface area (TPSA) is 43.6 Å². The average molecular weight is 575 g/mol. The summed E-state index contributed by atoms with van der Waals surface area (Å²) in [4.78, 5) is 0. The van der Waals surface area contributed by atoms with E-state index in [0.29, 0.717) is 11.2 Å². The van der Waals surface area contributed by atoms with Crippen LogP contribution in [0.3, 0.4) is 0 Å². The molecule has 6 aromatic rings. The standard InChI is InChI=1S/C33H24BrFN4/c34-23-24-20-26(25-16-18-31(35)19-17-25)22-27(21-24)32-36-37-38-39(32)33(28-10-4-1-5-11-28,29-12-6-2-7-13-29)30-14-8-3-9-15-30/h1-22H,23H2. The molecule has 0 aliphatic heterocycles. The third-order valence-electron chi connectivity index (χ3n) is 6.94. The molecule has 0 saturated heterocycles. The van der Waals surface area contributed by atoms with Gasteiger partial charge in [0.1, 0.15) is 11.4 Å². The lowest BCUT2D eigenvalue weighted by Crippen LogP contribution is -2.39. The highest BCUT2D eigenvalue weighted by atomic mass is 79.9. The highest BCUT2D eigenvalue weighted by Gasteiger charge is 2.41. The molecule has 0 radical (unpaired) electrons. The van der Waals surface area contributed by atoms with Crippen molar-refractivity contribution in [3.05, 3.63) is 162 Å². The summed E-state index contributed by atoms with van der Waals surface area (Å²) in [5.41, 5.74) is 6.06. The fraction of sp³-hybridized carbons (Fsp3) is 0.0606. The normalized spacial score (nSPS) is 11.4. The number of alkyl halides is 1. The van der Waals surface area contributed by atoms with Gasteiger partial charge in [-0.05, 0) is 68.1 Å². The number of tetrazole rings is 1. The molecule has 0 aliphatic rings. The van der Waals surface area contributed by atoms with E-state index in [1.807, 2.05) is 59.3 Å². The predicted octanol–water partition coefficient (Wildman–Crippen LogP) is 7.88. The maximum atomic E-state index is 13.7. The van der Waals surface area contributed by atoms with Crippen molar-refractivity contribution in [3.8, 4) is 22.5 Å². The number of aromatic nitrogens is 4. The summed E-state index contributed by atoms with van der Waals surface area (Å²) in [5, 5.41) is 14.1. The molecule has 0 bridgehead atoms.